The van der Waals surface area contributed by atoms with E-state index in [0.717, 1.165) is 19.4 Å². The third kappa shape index (κ3) is 2.85. The molecule has 0 saturated carbocycles. The predicted octanol–water partition coefficient (Wildman–Crippen LogP) is 1.20. The van der Waals surface area contributed by atoms with Crippen molar-refractivity contribution >= 4 is 17.5 Å². The molecular formula is C10H19ClN2O. The first-order valence-corrected chi connectivity index (χ1v) is 5.64. The lowest BCUT2D eigenvalue weighted by Gasteiger charge is -2.32. The van der Waals surface area contributed by atoms with Gasteiger partial charge in [-0.2, -0.15) is 0 Å². The van der Waals surface area contributed by atoms with Crippen LogP contribution in [0.5, 0.6) is 0 Å². The van der Waals surface area contributed by atoms with E-state index in [9.17, 15) is 4.79 Å². The number of nitrogens with zero attached hydrogens (tertiary/aromatic N) is 1. The van der Waals surface area contributed by atoms with Gasteiger partial charge < -0.3 is 10.6 Å². The van der Waals surface area contributed by atoms with E-state index in [1.807, 2.05) is 13.8 Å². The van der Waals surface area contributed by atoms with Crippen molar-refractivity contribution in [3.8, 4) is 0 Å². The quantitative estimate of drug-likeness (QED) is 0.708. The van der Waals surface area contributed by atoms with Crippen LogP contribution in [-0.4, -0.2) is 35.3 Å². The van der Waals surface area contributed by atoms with E-state index < -0.39 is 0 Å². The average Bonchev–Trinajstić information content (AvgIpc) is 2.15. The van der Waals surface area contributed by atoms with Crippen molar-refractivity contribution in [1.82, 2.24) is 4.90 Å². The molecule has 1 aliphatic heterocycles. The number of carbonyl (C=O) groups is 1. The molecule has 0 unspecified atom stereocenters. The first kappa shape index (κ1) is 11.8. The van der Waals surface area contributed by atoms with Crippen LogP contribution in [0.1, 0.15) is 26.7 Å². The summed E-state index contributed by atoms with van der Waals surface area (Å²) in [6.07, 6.45) is 1.99. The van der Waals surface area contributed by atoms with Crippen molar-refractivity contribution in [2.75, 3.05) is 13.1 Å². The van der Waals surface area contributed by atoms with Gasteiger partial charge in [-0.1, -0.05) is 13.8 Å². The lowest BCUT2D eigenvalue weighted by atomic mass is 10.0. The zero-order chi connectivity index (χ0) is 10.7. The topological polar surface area (TPSA) is 46.3 Å². The third-order valence-corrected chi connectivity index (χ3v) is 3.04. The normalized spacial score (nSPS) is 25.2. The van der Waals surface area contributed by atoms with E-state index in [0.29, 0.717) is 6.54 Å². The van der Waals surface area contributed by atoms with Crippen LogP contribution in [0.15, 0.2) is 0 Å². The van der Waals surface area contributed by atoms with Crippen LogP contribution in [0, 0.1) is 5.92 Å². The van der Waals surface area contributed by atoms with Crippen LogP contribution in [-0.2, 0) is 4.79 Å². The Morgan fingerprint density at radius 1 is 1.57 bits per heavy atom. The Balaban J connectivity index is 2.51. The molecule has 1 rings (SSSR count). The van der Waals surface area contributed by atoms with Gasteiger partial charge in [0.1, 0.15) is 0 Å². The first-order chi connectivity index (χ1) is 6.52. The van der Waals surface area contributed by atoms with Crippen LogP contribution in [0.3, 0.4) is 0 Å². The number of piperidine rings is 1. The Hall–Kier alpha value is -0.280. The number of likely N-dealkylation sites (tertiary alicyclic amines) is 1. The van der Waals surface area contributed by atoms with Gasteiger partial charge in [-0.05, 0) is 18.8 Å². The Labute approximate surface area is 90.6 Å². The van der Waals surface area contributed by atoms with E-state index >= 15 is 0 Å². The Morgan fingerprint density at radius 3 is 2.71 bits per heavy atom. The largest absolute Gasteiger partial charge is 0.340 e. The Bertz CT molecular complexity index is 208. The molecule has 2 atom stereocenters. The van der Waals surface area contributed by atoms with Crippen LogP contribution >= 0.6 is 11.6 Å². The predicted molar refractivity (Wildman–Crippen MR) is 58.3 cm³/mol. The van der Waals surface area contributed by atoms with Crippen LogP contribution in [0.4, 0.5) is 0 Å². The van der Waals surface area contributed by atoms with Gasteiger partial charge in [-0.25, -0.2) is 0 Å². The summed E-state index contributed by atoms with van der Waals surface area (Å²) in [4.78, 5) is 13.6. The highest BCUT2D eigenvalue weighted by Crippen LogP contribution is 2.16. The second kappa shape index (κ2) is 4.99. The Kier molecular flexibility index (Phi) is 4.20. The maximum Gasteiger partial charge on any atom is 0.239 e. The highest BCUT2D eigenvalue weighted by molar-refractivity contribution is 6.20. The van der Waals surface area contributed by atoms with E-state index in [4.69, 9.17) is 17.3 Å². The van der Waals surface area contributed by atoms with Crippen molar-refractivity contribution in [2.45, 2.75) is 38.1 Å². The monoisotopic (exact) mass is 218 g/mol. The van der Waals surface area contributed by atoms with Crippen molar-refractivity contribution in [1.29, 1.82) is 0 Å². The minimum atomic E-state index is -0.378. The number of hydrogen-bond acceptors (Lipinski definition) is 2. The van der Waals surface area contributed by atoms with E-state index in [1.54, 1.807) is 4.90 Å². The zero-order valence-corrected chi connectivity index (χ0v) is 9.63. The van der Waals surface area contributed by atoms with Gasteiger partial charge in [0, 0.05) is 13.1 Å². The number of alkyl halides is 1. The highest BCUT2D eigenvalue weighted by atomic mass is 35.5. The fourth-order valence-corrected chi connectivity index (χ4v) is 1.94. The number of nitrogens with two attached hydrogens (primary N) is 1. The maximum atomic E-state index is 11.8. The fourth-order valence-electron chi connectivity index (χ4n) is 1.62. The minimum Gasteiger partial charge on any atom is -0.340 e. The maximum absolute atomic E-state index is 11.8. The second-order valence-electron chi connectivity index (χ2n) is 4.29. The second-order valence-corrected chi connectivity index (χ2v) is 4.91. The zero-order valence-electron chi connectivity index (χ0n) is 8.87. The summed E-state index contributed by atoms with van der Waals surface area (Å²) >= 11 is 6.01. The molecule has 0 radical (unpaired) electrons. The van der Waals surface area contributed by atoms with Crippen LogP contribution in [0.2, 0.25) is 0 Å². The summed E-state index contributed by atoms with van der Waals surface area (Å²) < 4.78 is 0. The smallest absolute Gasteiger partial charge is 0.239 e. The SMILES string of the molecule is CC(C)[C@H](N)C(=O)N1CCC[C@@H](Cl)C1. The summed E-state index contributed by atoms with van der Waals surface area (Å²) in [6.45, 7) is 5.39. The van der Waals surface area contributed by atoms with Gasteiger partial charge >= 0.3 is 0 Å². The minimum absolute atomic E-state index is 0.0466. The molecule has 0 bridgehead atoms. The Morgan fingerprint density at radius 2 is 2.21 bits per heavy atom. The van der Waals surface area contributed by atoms with Gasteiger partial charge in [-0.3, -0.25) is 4.79 Å². The lowest BCUT2D eigenvalue weighted by molar-refractivity contribution is -0.134. The summed E-state index contributed by atoms with van der Waals surface area (Å²) in [5.74, 6) is 0.239. The molecule has 1 amide bonds. The molecule has 1 saturated heterocycles. The highest BCUT2D eigenvalue weighted by Gasteiger charge is 2.27. The molecule has 1 fully saturated rings. The molecule has 82 valence electrons. The summed E-state index contributed by atoms with van der Waals surface area (Å²) in [7, 11) is 0. The van der Waals surface area contributed by atoms with Crippen LogP contribution < -0.4 is 5.73 Å². The van der Waals surface area contributed by atoms with Gasteiger partial charge in [0.2, 0.25) is 5.91 Å². The molecule has 14 heavy (non-hydrogen) atoms. The molecule has 0 aromatic rings. The molecule has 0 spiro atoms. The van der Waals surface area contributed by atoms with Gasteiger partial charge in [0.15, 0.2) is 0 Å². The molecule has 1 heterocycles. The molecule has 1 aliphatic rings. The number of carbonyl (C=O) groups excluding carboxylic acids is 1. The summed E-state index contributed by atoms with van der Waals surface area (Å²) in [5, 5.41) is 0.104. The van der Waals surface area contributed by atoms with Crippen molar-refractivity contribution < 1.29 is 4.79 Å². The van der Waals surface area contributed by atoms with E-state index in [-0.39, 0.29) is 23.2 Å². The molecular weight excluding hydrogens is 200 g/mol. The standard InChI is InChI=1S/C10H19ClN2O/c1-7(2)9(12)10(14)13-5-3-4-8(11)6-13/h7-9H,3-6,12H2,1-2H3/t8-,9+/m1/s1. The van der Waals surface area contributed by atoms with Crippen molar-refractivity contribution in [2.24, 2.45) is 11.7 Å². The van der Waals surface area contributed by atoms with Gasteiger partial charge in [-0.15, -0.1) is 11.6 Å². The van der Waals surface area contributed by atoms with Gasteiger partial charge in [0.05, 0.1) is 11.4 Å². The number of amides is 1. The van der Waals surface area contributed by atoms with Crippen molar-refractivity contribution in [3.63, 3.8) is 0 Å². The summed E-state index contributed by atoms with van der Waals surface area (Å²) in [5.41, 5.74) is 5.80. The number of rotatable bonds is 2. The average molecular weight is 219 g/mol. The number of hydrogen-bond donors (Lipinski definition) is 1. The molecule has 4 heteroatoms. The third-order valence-electron chi connectivity index (χ3n) is 2.68. The lowest BCUT2D eigenvalue weighted by Crippen LogP contribution is -2.50. The fraction of sp³-hybridized carbons (Fsp3) is 0.900. The first-order valence-electron chi connectivity index (χ1n) is 5.20. The molecule has 0 aromatic carbocycles. The van der Waals surface area contributed by atoms with Crippen LogP contribution in [0.25, 0.3) is 0 Å². The molecule has 0 aromatic heterocycles. The number of halogens is 1. The van der Waals surface area contributed by atoms with E-state index in [2.05, 4.69) is 0 Å². The molecule has 3 nitrogen and oxygen atoms in total. The molecule has 2 N–H and O–H groups in total. The van der Waals surface area contributed by atoms with Gasteiger partial charge in [0.25, 0.3) is 0 Å². The summed E-state index contributed by atoms with van der Waals surface area (Å²) in [6, 6.07) is -0.378. The van der Waals surface area contributed by atoms with Crippen molar-refractivity contribution in [3.05, 3.63) is 0 Å². The van der Waals surface area contributed by atoms with E-state index in [1.165, 1.54) is 0 Å². The molecule has 0 aliphatic carbocycles.